The molecule has 3 aromatic rings. The van der Waals surface area contributed by atoms with Crippen LogP contribution in [-0.4, -0.2) is 42.2 Å². The molecule has 5 rings (SSSR count). The van der Waals surface area contributed by atoms with Gasteiger partial charge in [-0.3, -0.25) is 9.78 Å². The fourth-order valence-electron chi connectivity index (χ4n) is 4.13. The van der Waals surface area contributed by atoms with Crippen LogP contribution in [0.15, 0.2) is 48.7 Å². The van der Waals surface area contributed by atoms with Gasteiger partial charge >= 0.3 is 0 Å². The number of hydrogen-bond donors (Lipinski definition) is 0. The molecule has 1 saturated heterocycles. The van der Waals surface area contributed by atoms with Crippen molar-refractivity contribution in [1.82, 2.24) is 9.88 Å². The van der Waals surface area contributed by atoms with Crippen LogP contribution in [0.4, 0.5) is 0 Å². The molecule has 1 atom stereocenters. The van der Waals surface area contributed by atoms with Crippen molar-refractivity contribution >= 4 is 28.4 Å². The predicted octanol–water partition coefficient (Wildman–Crippen LogP) is 4.40. The quantitative estimate of drug-likeness (QED) is 0.621. The van der Waals surface area contributed by atoms with Gasteiger partial charge in [0, 0.05) is 18.1 Å². The number of likely N-dealkylation sites (tertiary alicyclic amines) is 1. The average Bonchev–Trinajstić information content (AvgIpc) is 3.28. The summed E-state index contributed by atoms with van der Waals surface area (Å²) in [5.74, 6) is 2.00. The van der Waals surface area contributed by atoms with Crippen LogP contribution in [0.3, 0.4) is 0 Å². The second kappa shape index (κ2) is 8.03. The molecule has 7 heteroatoms. The van der Waals surface area contributed by atoms with Crippen LogP contribution >= 0.6 is 11.6 Å². The first-order chi connectivity index (χ1) is 14.7. The van der Waals surface area contributed by atoms with Crippen LogP contribution in [0.25, 0.3) is 10.9 Å². The van der Waals surface area contributed by atoms with Crippen molar-refractivity contribution in [3.8, 4) is 17.2 Å². The molecule has 0 N–H and O–H groups in total. The Bertz CT molecular complexity index is 1100. The molecular formula is C23H21ClN2O4. The fourth-order valence-corrected chi connectivity index (χ4v) is 4.35. The van der Waals surface area contributed by atoms with E-state index in [1.165, 1.54) is 0 Å². The van der Waals surface area contributed by atoms with E-state index in [9.17, 15) is 4.79 Å². The van der Waals surface area contributed by atoms with Crippen LogP contribution in [0.5, 0.6) is 17.2 Å². The number of fused-ring (bicyclic) bond motifs is 2. The lowest BCUT2D eigenvalue weighted by atomic mass is 10.0. The molecule has 0 saturated carbocycles. The van der Waals surface area contributed by atoms with Crippen LogP contribution in [-0.2, 0) is 4.79 Å². The molecule has 2 aliphatic rings. The van der Waals surface area contributed by atoms with Crippen molar-refractivity contribution in [1.29, 1.82) is 0 Å². The SMILES string of the molecule is O=C(COc1ccc(Cl)c2cccnc12)N1CCCC1c1ccc2c(c1)OCCO2. The number of amides is 1. The second-order valence-electron chi connectivity index (χ2n) is 7.38. The van der Waals surface area contributed by atoms with E-state index in [1.54, 1.807) is 18.3 Å². The average molecular weight is 425 g/mol. The topological polar surface area (TPSA) is 60.9 Å². The summed E-state index contributed by atoms with van der Waals surface area (Å²) in [6, 6.07) is 13.2. The number of aromatic nitrogens is 1. The summed E-state index contributed by atoms with van der Waals surface area (Å²) in [5.41, 5.74) is 1.71. The minimum absolute atomic E-state index is 0.0111. The molecule has 2 aliphatic heterocycles. The molecule has 1 unspecified atom stereocenters. The molecule has 6 nitrogen and oxygen atoms in total. The van der Waals surface area contributed by atoms with E-state index in [-0.39, 0.29) is 18.6 Å². The van der Waals surface area contributed by atoms with Crippen LogP contribution < -0.4 is 14.2 Å². The lowest BCUT2D eigenvalue weighted by Gasteiger charge is -2.26. The largest absolute Gasteiger partial charge is 0.486 e. The van der Waals surface area contributed by atoms with E-state index in [0.29, 0.717) is 36.0 Å². The summed E-state index contributed by atoms with van der Waals surface area (Å²) in [6.07, 6.45) is 3.55. The van der Waals surface area contributed by atoms with Crippen molar-refractivity contribution < 1.29 is 19.0 Å². The smallest absolute Gasteiger partial charge is 0.261 e. The minimum Gasteiger partial charge on any atom is -0.486 e. The Morgan fingerprint density at radius 2 is 2.03 bits per heavy atom. The Hall–Kier alpha value is -2.99. The van der Waals surface area contributed by atoms with Gasteiger partial charge < -0.3 is 19.1 Å². The van der Waals surface area contributed by atoms with E-state index >= 15 is 0 Å². The number of pyridine rings is 1. The highest BCUT2D eigenvalue weighted by molar-refractivity contribution is 6.35. The van der Waals surface area contributed by atoms with Crippen molar-refractivity contribution in [2.45, 2.75) is 18.9 Å². The number of hydrogen-bond acceptors (Lipinski definition) is 5. The molecule has 30 heavy (non-hydrogen) atoms. The highest BCUT2D eigenvalue weighted by Gasteiger charge is 2.31. The van der Waals surface area contributed by atoms with Gasteiger partial charge in [-0.05, 0) is 54.8 Å². The predicted molar refractivity (Wildman–Crippen MR) is 113 cm³/mol. The van der Waals surface area contributed by atoms with E-state index in [4.69, 9.17) is 25.8 Å². The lowest BCUT2D eigenvalue weighted by molar-refractivity contribution is -0.134. The Morgan fingerprint density at radius 1 is 1.17 bits per heavy atom. The highest BCUT2D eigenvalue weighted by Crippen LogP contribution is 2.38. The van der Waals surface area contributed by atoms with E-state index in [2.05, 4.69) is 4.98 Å². The van der Waals surface area contributed by atoms with Crippen LogP contribution in [0, 0.1) is 0 Å². The minimum atomic E-state index is -0.0496. The summed E-state index contributed by atoms with van der Waals surface area (Å²) in [5, 5.41) is 1.41. The maximum atomic E-state index is 13.0. The zero-order valence-electron chi connectivity index (χ0n) is 16.3. The number of rotatable bonds is 4. The lowest BCUT2D eigenvalue weighted by Crippen LogP contribution is -2.34. The molecule has 0 bridgehead atoms. The summed E-state index contributed by atoms with van der Waals surface area (Å²) >= 11 is 6.24. The number of benzene rings is 2. The van der Waals surface area contributed by atoms with Crippen molar-refractivity contribution in [3.05, 3.63) is 59.2 Å². The van der Waals surface area contributed by atoms with E-state index in [0.717, 1.165) is 35.3 Å². The summed E-state index contributed by atoms with van der Waals surface area (Å²) in [6.45, 7) is 1.77. The van der Waals surface area contributed by atoms with Crippen molar-refractivity contribution in [3.63, 3.8) is 0 Å². The molecule has 2 aromatic carbocycles. The third-order valence-electron chi connectivity index (χ3n) is 5.55. The third-order valence-corrected chi connectivity index (χ3v) is 5.88. The first-order valence-corrected chi connectivity index (χ1v) is 10.4. The molecule has 1 fully saturated rings. The highest BCUT2D eigenvalue weighted by atomic mass is 35.5. The van der Waals surface area contributed by atoms with Crippen molar-refractivity contribution in [2.75, 3.05) is 26.4 Å². The Kier molecular flexibility index (Phi) is 5.09. The number of halogens is 1. The Morgan fingerprint density at radius 3 is 2.93 bits per heavy atom. The zero-order chi connectivity index (χ0) is 20.5. The molecule has 1 aromatic heterocycles. The Labute approximate surface area is 179 Å². The molecule has 0 radical (unpaired) electrons. The normalized spacial score (nSPS) is 17.9. The number of nitrogens with zero attached hydrogens (tertiary/aromatic N) is 2. The van der Waals surface area contributed by atoms with E-state index < -0.39 is 0 Å². The second-order valence-corrected chi connectivity index (χ2v) is 7.79. The van der Waals surface area contributed by atoms with Crippen molar-refractivity contribution in [2.24, 2.45) is 0 Å². The van der Waals surface area contributed by atoms with Gasteiger partial charge in [0.25, 0.3) is 5.91 Å². The van der Waals surface area contributed by atoms with Gasteiger partial charge in [0.1, 0.15) is 24.5 Å². The molecule has 3 heterocycles. The van der Waals surface area contributed by atoms with E-state index in [1.807, 2.05) is 35.2 Å². The van der Waals surface area contributed by atoms with Gasteiger partial charge in [0.2, 0.25) is 0 Å². The number of carbonyl (C=O) groups is 1. The Balaban J connectivity index is 1.32. The third kappa shape index (κ3) is 3.52. The standard InChI is InChI=1S/C23H21ClN2O4/c24-17-6-8-20(23-16(17)3-1-9-25-23)30-14-22(27)26-10-2-4-18(26)15-5-7-19-21(13-15)29-12-11-28-19/h1,3,5-9,13,18H,2,4,10-12,14H2. The van der Waals surface area contributed by atoms with Gasteiger partial charge in [-0.25, -0.2) is 0 Å². The molecular weight excluding hydrogens is 404 g/mol. The number of ether oxygens (including phenoxy) is 3. The maximum absolute atomic E-state index is 13.0. The molecule has 1 amide bonds. The first-order valence-electron chi connectivity index (χ1n) is 10.1. The van der Waals surface area contributed by atoms with Gasteiger partial charge in [0.15, 0.2) is 18.1 Å². The number of carbonyl (C=O) groups excluding carboxylic acids is 1. The summed E-state index contributed by atoms with van der Waals surface area (Å²) in [7, 11) is 0. The van der Waals surface area contributed by atoms with Gasteiger partial charge in [0.05, 0.1) is 11.1 Å². The molecule has 154 valence electrons. The molecule has 0 aliphatic carbocycles. The monoisotopic (exact) mass is 424 g/mol. The first kappa shape index (κ1) is 19.0. The van der Waals surface area contributed by atoms with Crippen LogP contribution in [0.2, 0.25) is 5.02 Å². The van der Waals surface area contributed by atoms with Gasteiger partial charge in [-0.1, -0.05) is 17.7 Å². The summed E-state index contributed by atoms with van der Waals surface area (Å²) in [4.78, 5) is 19.2. The zero-order valence-corrected chi connectivity index (χ0v) is 17.1. The van der Waals surface area contributed by atoms with Crippen LogP contribution in [0.1, 0.15) is 24.4 Å². The fraction of sp³-hybridized carbons (Fsp3) is 0.304. The maximum Gasteiger partial charge on any atom is 0.261 e. The summed E-state index contributed by atoms with van der Waals surface area (Å²) < 4.78 is 17.2. The molecule has 0 spiro atoms. The van der Waals surface area contributed by atoms with Gasteiger partial charge in [-0.15, -0.1) is 0 Å². The van der Waals surface area contributed by atoms with Gasteiger partial charge in [-0.2, -0.15) is 0 Å².